The first-order chi connectivity index (χ1) is 7.52. The zero-order chi connectivity index (χ0) is 12.1. The van der Waals surface area contributed by atoms with Crippen LogP contribution in [0.2, 0.25) is 0 Å². The third-order valence-electron chi connectivity index (χ3n) is 2.09. The van der Waals surface area contributed by atoms with Gasteiger partial charge in [-0.05, 0) is 12.3 Å². The first kappa shape index (κ1) is 12.9. The summed E-state index contributed by atoms with van der Waals surface area (Å²) in [6.07, 6.45) is 1.34. The van der Waals surface area contributed by atoms with Gasteiger partial charge >= 0.3 is 5.97 Å². The zero-order valence-corrected chi connectivity index (χ0v) is 10.5. The Balaban J connectivity index is 2.64. The normalized spacial score (nSPS) is 12.8. The molecule has 0 amide bonds. The summed E-state index contributed by atoms with van der Waals surface area (Å²) in [6.45, 7) is 5.96. The molecule has 0 aromatic carbocycles. The van der Waals surface area contributed by atoms with Crippen LogP contribution >= 0.6 is 11.5 Å². The smallest absolute Gasteiger partial charge is 0.326 e. The van der Waals surface area contributed by atoms with E-state index in [0.29, 0.717) is 17.5 Å². The molecular weight excluding hydrogens is 226 g/mol. The van der Waals surface area contributed by atoms with E-state index < -0.39 is 12.0 Å². The van der Waals surface area contributed by atoms with Crippen molar-refractivity contribution < 1.29 is 9.90 Å². The Kier molecular flexibility index (Phi) is 4.67. The summed E-state index contributed by atoms with van der Waals surface area (Å²) in [5.41, 5.74) is 0. The Morgan fingerprint density at radius 1 is 1.56 bits per heavy atom. The lowest BCUT2D eigenvalue weighted by molar-refractivity contribution is -0.138. The number of nitrogens with zero attached hydrogens (tertiary/aromatic N) is 2. The van der Waals surface area contributed by atoms with Crippen LogP contribution in [-0.4, -0.2) is 26.5 Å². The molecule has 0 unspecified atom stereocenters. The predicted molar refractivity (Wildman–Crippen MR) is 63.8 cm³/mol. The van der Waals surface area contributed by atoms with Gasteiger partial charge in [-0.3, -0.25) is 0 Å². The lowest BCUT2D eigenvalue weighted by Gasteiger charge is -2.15. The van der Waals surface area contributed by atoms with Crippen molar-refractivity contribution in [3.05, 3.63) is 5.82 Å². The standard InChI is InChI=1S/C10H17N3O2S/c1-4-8-12-10(16-13-8)11-7(9(14)15)5-6(2)3/h6-7H,4-5H2,1-3H3,(H,14,15)(H,11,12,13)/t7-/m0/s1. The highest BCUT2D eigenvalue weighted by molar-refractivity contribution is 7.09. The van der Waals surface area contributed by atoms with Crippen molar-refractivity contribution in [1.29, 1.82) is 0 Å². The lowest BCUT2D eigenvalue weighted by Crippen LogP contribution is -2.30. The summed E-state index contributed by atoms with van der Waals surface area (Å²) in [6, 6.07) is -0.586. The third-order valence-corrected chi connectivity index (χ3v) is 2.77. The number of anilines is 1. The van der Waals surface area contributed by atoms with Gasteiger partial charge in [0.05, 0.1) is 0 Å². The van der Waals surface area contributed by atoms with E-state index >= 15 is 0 Å². The molecule has 0 saturated carbocycles. The Labute approximate surface area is 99.1 Å². The molecule has 0 saturated heterocycles. The molecule has 0 bridgehead atoms. The Morgan fingerprint density at radius 3 is 2.69 bits per heavy atom. The number of carboxylic acid groups (broad SMARTS) is 1. The average molecular weight is 243 g/mol. The van der Waals surface area contributed by atoms with Crippen molar-refractivity contribution in [2.45, 2.75) is 39.7 Å². The molecule has 5 nitrogen and oxygen atoms in total. The SMILES string of the molecule is CCc1nsc(N[C@@H](CC(C)C)C(=O)O)n1. The maximum Gasteiger partial charge on any atom is 0.326 e. The number of aliphatic carboxylic acids is 1. The molecule has 0 radical (unpaired) electrons. The molecule has 0 aliphatic heterocycles. The largest absolute Gasteiger partial charge is 0.480 e. The molecule has 2 N–H and O–H groups in total. The van der Waals surface area contributed by atoms with E-state index in [9.17, 15) is 4.79 Å². The summed E-state index contributed by atoms with van der Waals surface area (Å²) in [5.74, 6) is 0.232. The van der Waals surface area contributed by atoms with Crippen molar-refractivity contribution in [3.63, 3.8) is 0 Å². The molecule has 90 valence electrons. The Bertz CT molecular complexity index is 352. The van der Waals surface area contributed by atoms with Gasteiger partial charge < -0.3 is 10.4 Å². The van der Waals surface area contributed by atoms with Gasteiger partial charge in [0.25, 0.3) is 0 Å². The highest BCUT2D eigenvalue weighted by Gasteiger charge is 2.19. The molecular formula is C10H17N3O2S. The summed E-state index contributed by atoms with van der Waals surface area (Å²) < 4.78 is 4.10. The molecule has 0 aliphatic rings. The topological polar surface area (TPSA) is 75.1 Å². The van der Waals surface area contributed by atoms with Crippen LogP contribution < -0.4 is 5.32 Å². The lowest BCUT2D eigenvalue weighted by atomic mass is 10.0. The number of carbonyl (C=O) groups is 1. The number of nitrogens with one attached hydrogen (secondary N) is 1. The van der Waals surface area contributed by atoms with Gasteiger partial charge in [0.15, 0.2) is 0 Å². The van der Waals surface area contributed by atoms with Gasteiger partial charge in [0.2, 0.25) is 5.13 Å². The molecule has 6 heteroatoms. The second-order valence-electron chi connectivity index (χ2n) is 4.03. The van der Waals surface area contributed by atoms with Crippen molar-refractivity contribution in [1.82, 2.24) is 9.36 Å². The second kappa shape index (κ2) is 5.79. The number of hydrogen-bond donors (Lipinski definition) is 2. The monoisotopic (exact) mass is 243 g/mol. The summed E-state index contributed by atoms with van der Waals surface area (Å²) in [5, 5.41) is 12.5. The van der Waals surface area contributed by atoms with Gasteiger partial charge in [-0.15, -0.1) is 0 Å². The minimum atomic E-state index is -0.845. The molecule has 1 aromatic heterocycles. The van der Waals surface area contributed by atoms with E-state index in [2.05, 4.69) is 14.7 Å². The van der Waals surface area contributed by atoms with Crippen LogP contribution in [0.3, 0.4) is 0 Å². The second-order valence-corrected chi connectivity index (χ2v) is 4.79. The maximum absolute atomic E-state index is 11.0. The number of rotatable bonds is 6. The number of carboxylic acids is 1. The van der Waals surface area contributed by atoms with Gasteiger partial charge in [0, 0.05) is 18.0 Å². The van der Waals surface area contributed by atoms with E-state index in [0.717, 1.165) is 12.2 Å². The van der Waals surface area contributed by atoms with E-state index in [1.807, 2.05) is 20.8 Å². The summed E-state index contributed by atoms with van der Waals surface area (Å²) in [4.78, 5) is 15.2. The fourth-order valence-corrected chi connectivity index (χ4v) is 2.00. The third kappa shape index (κ3) is 3.77. The van der Waals surface area contributed by atoms with Gasteiger partial charge in [-0.1, -0.05) is 20.8 Å². The first-order valence-corrected chi connectivity index (χ1v) is 6.12. The number of aryl methyl sites for hydroxylation is 1. The van der Waals surface area contributed by atoms with Crippen molar-refractivity contribution in [3.8, 4) is 0 Å². The van der Waals surface area contributed by atoms with Crippen LogP contribution in [0.4, 0.5) is 5.13 Å². The van der Waals surface area contributed by atoms with Crippen molar-refractivity contribution >= 4 is 22.6 Å². The van der Waals surface area contributed by atoms with Gasteiger partial charge in [-0.25, -0.2) is 9.78 Å². The first-order valence-electron chi connectivity index (χ1n) is 5.34. The van der Waals surface area contributed by atoms with E-state index in [4.69, 9.17) is 5.11 Å². The predicted octanol–water partition coefficient (Wildman–Crippen LogP) is 2.01. The molecule has 16 heavy (non-hydrogen) atoms. The minimum absolute atomic E-state index is 0.326. The molecule has 1 heterocycles. The fourth-order valence-electron chi connectivity index (χ4n) is 1.30. The highest BCUT2D eigenvalue weighted by atomic mass is 32.1. The van der Waals surface area contributed by atoms with Crippen LogP contribution in [0.15, 0.2) is 0 Å². The fraction of sp³-hybridized carbons (Fsp3) is 0.700. The zero-order valence-electron chi connectivity index (χ0n) is 9.73. The molecule has 0 spiro atoms. The Hall–Kier alpha value is -1.17. The molecule has 0 fully saturated rings. The van der Waals surface area contributed by atoms with E-state index in [-0.39, 0.29) is 0 Å². The molecule has 1 atom stereocenters. The van der Waals surface area contributed by atoms with E-state index in [1.54, 1.807) is 0 Å². The average Bonchev–Trinajstić information content (AvgIpc) is 2.63. The van der Waals surface area contributed by atoms with Crippen LogP contribution in [0.1, 0.15) is 33.0 Å². The molecule has 1 aromatic rings. The maximum atomic E-state index is 11.0. The van der Waals surface area contributed by atoms with Crippen LogP contribution in [0, 0.1) is 5.92 Å². The van der Waals surface area contributed by atoms with Crippen molar-refractivity contribution in [2.24, 2.45) is 5.92 Å². The number of hydrogen-bond acceptors (Lipinski definition) is 5. The molecule has 1 rings (SSSR count). The minimum Gasteiger partial charge on any atom is -0.480 e. The van der Waals surface area contributed by atoms with E-state index in [1.165, 1.54) is 11.5 Å². The van der Waals surface area contributed by atoms with Crippen LogP contribution in [0.25, 0.3) is 0 Å². The highest BCUT2D eigenvalue weighted by Crippen LogP contribution is 2.16. The quantitative estimate of drug-likeness (QED) is 0.799. The van der Waals surface area contributed by atoms with Gasteiger partial charge in [-0.2, -0.15) is 4.37 Å². The summed E-state index contributed by atoms with van der Waals surface area (Å²) >= 11 is 1.21. The van der Waals surface area contributed by atoms with Crippen LogP contribution in [-0.2, 0) is 11.2 Å². The van der Waals surface area contributed by atoms with Gasteiger partial charge in [0.1, 0.15) is 11.9 Å². The molecule has 0 aliphatic carbocycles. The Morgan fingerprint density at radius 2 is 2.25 bits per heavy atom. The number of aromatic nitrogens is 2. The van der Waals surface area contributed by atoms with Crippen LogP contribution in [0.5, 0.6) is 0 Å². The summed E-state index contributed by atoms with van der Waals surface area (Å²) in [7, 11) is 0. The van der Waals surface area contributed by atoms with Crippen molar-refractivity contribution in [2.75, 3.05) is 5.32 Å².